The highest BCUT2D eigenvalue weighted by molar-refractivity contribution is 4.83. The number of rotatable bonds is 7. The lowest BCUT2D eigenvalue weighted by molar-refractivity contribution is 0.0902. The summed E-state index contributed by atoms with van der Waals surface area (Å²) >= 11 is 0. The molecule has 0 aromatic rings. The second-order valence-corrected chi connectivity index (χ2v) is 7.44. The van der Waals surface area contributed by atoms with Gasteiger partial charge in [0.2, 0.25) is 0 Å². The molecule has 1 saturated carbocycles. The predicted molar refractivity (Wildman–Crippen MR) is 89.1 cm³/mol. The van der Waals surface area contributed by atoms with Gasteiger partial charge in [-0.2, -0.15) is 0 Å². The second-order valence-electron chi connectivity index (χ2n) is 7.44. The molecule has 20 heavy (non-hydrogen) atoms. The van der Waals surface area contributed by atoms with Crippen LogP contribution in [0.4, 0.5) is 0 Å². The number of hydrogen-bond donors (Lipinski definition) is 0. The van der Waals surface area contributed by atoms with Crippen LogP contribution in [0, 0.1) is 11.8 Å². The van der Waals surface area contributed by atoms with Crippen LogP contribution in [0.2, 0.25) is 0 Å². The van der Waals surface area contributed by atoms with Crippen molar-refractivity contribution in [2.45, 2.75) is 96.9 Å². The van der Waals surface area contributed by atoms with Gasteiger partial charge in [0.25, 0.3) is 0 Å². The normalized spacial score (nSPS) is 29.7. The minimum absolute atomic E-state index is 0.944. The van der Waals surface area contributed by atoms with Gasteiger partial charge >= 0.3 is 0 Å². The topological polar surface area (TPSA) is 3.24 Å². The van der Waals surface area contributed by atoms with Gasteiger partial charge < -0.3 is 4.90 Å². The van der Waals surface area contributed by atoms with Crippen LogP contribution < -0.4 is 0 Å². The van der Waals surface area contributed by atoms with Gasteiger partial charge in [0.05, 0.1) is 0 Å². The number of piperidine rings is 1. The first-order valence-electron chi connectivity index (χ1n) is 9.57. The highest BCUT2D eigenvalue weighted by Gasteiger charge is 2.28. The van der Waals surface area contributed by atoms with Crippen LogP contribution in [0.15, 0.2) is 0 Å². The molecule has 0 radical (unpaired) electrons. The lowest BCUT2D eigenvalue weighted by atomic mass is 9.81. The lowest BCUT2D eigenvalue weighted by Crippen LogP contribution is -2.43. The average Bonchev–Trinajstić information content (AvgIpc) is 2.52. The molecule has 1 nitrogen and oxygen atoms in total. The van der Waals surface area contributed by atoms with Gasteiger partial charge in [-0.3, -0.25) is 0 Å². The Morgan fingerprint density at radius 1 is 0.700 bits per heavy atom. The zero-order chi connectivity index (χ0) is 14.2. The molecular weight excluding hydrogens is 242 g/mol. The van der Waals surface area contributed by atoms with Crippen LogP contribution in [0.1, 0.15) is 90.9 Å². The average molecular weight is 280 g/mol. The Bertz CT molecular complexity index is 208. The summed E-state index contributed by atoms with van der Waals surface area (Å²) in [4.78, 5) is 2.85. The molecular formula is C19H37N. The van der Waals surface area contributed by atoms with E-state index in [1.54, 1.807) is 0 Å². The number of hydrogen-bond acceptors (Lipinski definition) is 1. The predicted octanol–water partition coefficient (Wildman–Crippen LogP) is 5.64. The molecule has 0 N–H and O–H groups in total. The van der Waals surface area contributed by atoms with Crippen molar-refractivity contribution < 1.29 is 0 Å². The molecule has 1 aliphatic heterocycles. The Labute approximate surface area is 127 Å². The maximum atomic E-state index is 2.85. The van der Waals surface area contributed by atoms with Gasteiger partial charge in [0.1, 0.15) is 0 Å². The van der Waals surface area contributed by atoms with Crippen molar-refractivity contribution in [3.8, 4) is 0 Å². The molecule has 118 valence electrons. The minimum atomic E-state index is 0.944. The fourth-order valence-corrected chi connectivity index (χ4v) is 4.39. The third-order valence-electron chi connectivity index (χ3n) is 5.91. The quantitative estimate of drug-likeness (QED) is 0.583. The minimum Gasteiger partial charge on any atom is -0.300 e. The van der Waals surface area contributed by atoms with Crippen molar-refractivity contribution in [2.24, 2.45) is 11.8 Å². The van der Waals surface area contributed by atoms with E-state index in [0.717, 1.165) is 17.9 Å². The molecule has 0 aromatic heterocycles. The maximum absolute atomic E-state index is 2.85. The standard InChI is InChI=1S/C19H37N/c1-3-5-7-17-9-11-19(12-10-17)20-15-13-18(14-16-20)8-6-4-2/h17-19H,3-16H2,1-2H3. The third kappa shape index (κ3) is 5.06. The van der Waals surface area contributed by atoms with E-state index in [2.05, 4.69) is 18.7 Å². The molecule has 0 atom stereocenters. The number of likely N-dealkylation sites (tertiary alicyclic amines) is 1. The second kappa shape index (κ2) is 9.07. The van der Waals surface area contributed by atoms with Gasteiger partial charge in [-0.1, -0.05) is 52.4 Å². The summed E-state index contributed by atoms with van der Waals surface area (Å²) in [6.45, 7) is 7.46. The smallest absolute Gasteiger partial charge is 0.00954 e. The molecule has 1 heterocycles. The molecule has 1 saturated heterocycles. The molecule has 0 bridgehead atoms. The molecule has 1 aliphatic carbocycles. The largest absolute Gasteiger partial charge is 0.300 e. The van der Waals surface area contributed by atoms with Crippen molar-refractivity contribution in [2.75, 3.05) is 13.1 Å². The summed E-state index contributed by atoms with van der Waals surface area (Å²) in [6, 6.07) is 0.944. The summed E-state index contributed by atoms with van der Waals surface area (Å²) < 4.78 is 0. The molecule has 2 aliphatic rings. The Morgan fingerprint density at radius 2 is 1.20 bits per heavy atom. The highest BCUT2D eigenvalue weighted by atomic mass is 15.2. The first kappa shape index (κ1) is 16.3. The Balaban J connectivity index is 1.63. The monoisotopic (exact) mass is 279 g/mol. The number of unbranched alkanes of at least 4 members (excludes halogenated alkanes) is 2. The van der Waals surface area contributed by atoms with Crippen LogP contribution in [0.3, 0.4) is 0 Å². The Hall–Kier alpha value is -0.0400. The van der Waals surface area contributed by atoms with E-state index in [1.807, 2.05) is 0 Å². The van der Waals surface area contributed by atoms with Crippen LogP contribution in [-0.4, -0.2) is 24.0 Å². The van der Waals surface area contributed by atoms with Gasteiger partial charge in [0.15, 0.2) is 0 Å². The Kier molecular flexibility index (Phi) is 7.41. The van der Waals surface area contributed by atoms with Crippen LogP contribution in [0.25, 0.3) is 0 Å². The van der Waals surface area contributed by atoms with Crippen molar-refractivity contribution >= 4 is 0 Å². The van der Waals surface area contributed by atoms with Gasteiger partial charge in [-0.25, -0.2) is 0 Å². The summed E-state index contributed by atoms with van der Waals surface area (Å²) in [7, 11) is 0. The van der Waals surface area contributed by atoms with Gasteiger partial charge in [-0.15, -0.1) is 0 Å². The first-order valence-corrected chi connectivity index (χ1v) is 9.57. The third-order valence-corrected chi connectivity index (χ3v) is 5.91. The molecule has 0 unspecified atom stereocenters. The Morgan fingerprint density at radius 3 is 1.70 bits per heavy atom. The zero-order valence-electron chi connectivity index (χ0n) is 14.1. The molecule has 0 spiro atoms. The van der Waals surface area contributed by atoms with Crippen molar-refractivity contribution in [3.63, 3.8) is 0 Å². The van der Waals surface area contributed by atoms with Gasteiger partial charge in [0, 0.05) is 6.04 Å². The first-order chi connectivity index (χ1) is 9.83. The summed E-state index contributed by atoms with van der Waals surface area (Å²) in [5.74, 6) is 2.11. The van der Waals surface area contributed by atoms with Crippen LogP contribution >= 0.6 is 0 Å². The van der Waals surface area contributed by atoms with E-state index in [9.17, 15) is 0 Å². The molecule has 2 rings (SSSR count). The van der Waals surface area contributed by atoms with E-state index >= 15 is 0 Å². The van der Waals surface area contributed by atoms with Crippen molar-refractivity contribution in [1.82, 2.24) is 4.90 Å². The summed E-state index contributed by atoms with van der Waals surface area (Å²) in [5, 5.41) is 0. The molecule has 2 fully saturated rings. The van der Waals surface area contributed by atoms with E-state index in [1.165, 1.54) is 90.1 Å². The fraction of sp³-hybridized carbons (Fsp3) is 1.00. The van der Waals surface area contributed by atoms with Crippen molar-refractivity contribution in [3.05, 3.63) is 0 Å². The maximum Gasteiger partial charge on any atom is 0.00954 e. The van der Waals surface area contributed by atoms with Gasteiger partial charge in [-0.05, 0) is 63.5 Å². The van der Waals surface area contributed by atoms with E-state index < -0.39 is 0 Å². The van der Waals surface area contributed by atoms with Crippen LogP contribution in [0.5, 0.6) is 0 Å². The molecule has 1 heteroatoms. The van der Waals surface area contributed by atoms with E-state index in [0.29, 0.717) is 0 Å². The van der Waals surface area contributed by atoms with Crippen LogP contribution in [-0.2, 0) is 0 Å². The zero-order valence-corrected chi connectivity index (χ0v) is 14.1. The SMILES string of the molecule is CCCCC1CCC(N2CCC(CCCC)CC2)CC1. The molecule has 0 amide bonds. The number of nitrogens with zero attached hydrogens (tertiary/aromatic N) is 1. The molecule has 0 aromatic carbocycles. The fourth-order valence-electron chi connectivity index (χ4n) is 4.39. The van der Waals surface area contributed by atoms with Crippen molar-refractivity contribution in [1.29, 1.82) is 0 Å². The van der Waals surface area contributed by atoms with E-state index in [4.69, 9.17) is 0 Å². The lowest BCUT2D eigenvalue weighted by Gasteiger charge is -2.41. The summed E-state index contributed by atoms with van der Waals surface area (Å²) in [5.41, 5.74) is 0. The van der Waals surface area contributed by atoms with E-state index in [-0.39, 0.29) is 0 Å². The summed E-state index contributed by atoms with van der Waals surface area (Å²) in [6.07, 6.45) is 17.6. The highest BCUT2D eigenvalue weighted by Crippen LogP contribution is 2.33.